The predicted octanol–water partition coefficient (Wildman–Crippen LogP) is 4.49. The molecule has 0 aliphatic carbocycles. The maximum absolute atomic E-state index is 13.3. The summed E-state index contributed by atoms with van der Waals surface area (Å²) in [6.07, 6.45) is 0. The van der Waals surface area contributed by atoms with Gasteiger partial charge in [0, 0.05) is 21.4 Å². The highest BCUT2D eigenvalue weighted by Gasteiger charge is 2.20. The van der Waals surface area contributed by atoms with Gasteiger partial charge < -0.3 is 4.90 Å². The lowest BCUT2D eigenvalue weighted by molar-refractivity contribution is 0.0732. The van der Waals surface area contributed by atoms with Gasteiger partial charge >= 0.3 is 0 Å². The predicted molar refractivity (Wildman–Crippen MR) is 117 cm³/mol. The van der Waals surface area contributed by atoms with E-state index in [0.717, 1.165) is 26.9 Å². The number of carbonyl (C=O) groups is 1. The number of hydrogen-bond acceptors (Lipinski definition) is 5. The van der Waals surface area contributed by atoms with Crippen molar-refractivity contribution < 1.29 is 4.79 Å². The van der Waals surface area contributed by atoms with Crippen molar-refractivity contribution in [2.45, 2.75) is 20.0 Å². The third-order valence-corrected chi connectivity index (χ3v) is 6.02. The lowest BCUT2D eigenvalue weighted by atomic mass is 10.1. The molecule has 0 fully saturated rings. The maximum Gasteiger partial charge on any atom is 0.254 e. The van der Waals surface area contributed by atoms with Gasteiger partial charge in [-0.05, 0) is 52.6 Å². The van der Waals surface area contributed by atoms with Gasteiger partial charge in [0.05, 0.1) is 18.6 Å². The standard InChI is InChI=1S/C23H19N5OS/c1-16-7-5-10-18-13-19(22-24-25-26-28(22)21(16)18)14-27(15-20-11-6-12-30-20)23(29)17-8-3-2-4-9-17/h2-13H,14-15H2,1H3. The molecule has 1 amide bonds. The molecule has 0 saturated heterocycles. The van der Waals surface area contributed by atoms with Gasteiger partial charge in [0.15, 0.2) is 5.65 Å². The number of pyridine rings is 1. The van der Waals surface area contributed by atoms with E-state index in [-0.39, 0.29) is 5.91 Å². The van der Waals surface area contributed by atoms with Gasteiger partial charge in [-0.3, -0.25) is 4.79 Å². The second-order valence-corrected chi connectivity index (χ2v) is 8.24. The van der Waals surface area contributed by atoms with E-state index in [4.69, 9.17) is 0 Å². The fourth-order valence-electron chi connectivity index (χ4n) is 3.75. The first-order valence-corrected chi connectivity index (χ1v) is 10.5. The molecule has 0 spiro atoms. The molecule has 0 saturated carbocycles. The zero-order valence-corrected chi connectivity index (χ0v) is 17.2. The fourth-order valence-corrected chi connectivity index (χ4v) is 4.47. The van der Waals surface area contributed by atoms with E-state index in [0.29, 0.717) is 24.3 Å². The first kappa shape index (κ1) is 18.4. The van der Waals surface area contributed by atoms with Gasteiger partial charge in [0.1, 0.15) is 0 Å². The van der Waals surface area contributed by atoms with Crippen molar-refractivity contribution in [3.8, 4) is 0 Å². The molecule has 0 radical (unpaired) electrons. The van der Waals surface area contributed by atoms with Crippen LogP contribution < -0.4 is 0 Å². The van der Waals surface area contributed by atoms with E-state index < -0.39 is 0 Å². The summed E-state index contributed by atoms with van der Waals surface area (Å²) in [5.41, 5.74) is 4.35. The average molecular weight is 414 g/mol. The Hall–Kier alpha value is -3.58. The fraction of sp³-hybridized carbons (Fsp3) is 0.130. The van der Waals surface area contributed by atoms with Gasteiger partial charge in [-0.15, -0.1) is 16.4 Å². The van der Waals surface area contributed by atoms with Crippen molar-refractivity contribution in [1.29, 1.82) is 0 Å². The first-order valence-electron chi connectivity index (χ1n) is 9.67. The molecule has 3 aromatic heterocycles. The molecule has 0 aliphatic heterocycles. The van der Waals surface area contributed by atoms with Crippen molar-refractivity contribution in [2.24, 2.45) is 0 Å². The Morgan fingerprint density at radius 1 is 1.03 bits per heavy atom. The molecule has 148 valence electrons. The summed E-state index contributed by atoms with van der Waals surface area (Å²) in [7, 11) is 0. The van der Waals surface area contributed by atoms with Crippen LogP contribution in [0.3, 0.4) is 0 Å². The van der Waals surface area contributed by atoms with Crippen LogP contribution in [0.4, 0.5) is 0 Å². The molecule has 0 unspecified atom stereocenters. The second-order valence-electron chi connectivity index (χ2n) is 7.20. The highest BCUT2D eigenvalue weighted by Crippen LogP contribution is 2.24. The molecule has 5 aromatic rings. The Morgan fingerprint density at radius 2 is 1.90 bits per heavy atom. The molecule has 7 heteroatoms. The summed E-state index contributed by atoms with van der Waals surface area (Å²) < 4.78 is 1.77. The van der Waals surface area contributed by atoms with Crippen molar-refractivity contribution in [2.75, 3.05) is 0 Å². The number of nitrogens with zero attached hydrogens (tertiary/aromatic N) is 5. The number of tetrazole rings is 1. The molecule has 2 aromatic carbocycles. The van der Waals surface area contributed by atoms with Crippen LogP contribution >= 0.6 is 11.3 Å². The molecule has 30 heavy (non-hydrogen) atoms. The minimum absolute atomic E-state index is 0.0148. The molecule has 0 bridgehead atoms. The van der Waals surface area contributed by atoms with E-state index in [1.807, 2.05) is 71.8 Å². The summed E-state index contributed by atoms with van der Waals surface area (Å²) in [4.78, 5) is 16.3. The minimum Gasteiger partial charge on any atom is -0.329 e. The number of benzene rings is 2. The van der Waals surface area contributed by atoms with Crippen molar-refractivity contribution in [3.05, 3.63) is 93.7 Å². The Morgan fingerprint density at radius 3 is 2.70 bits per heavy atom. The first-order chi connectivity index (χ1) is 14.7. The molecule has 5 rings (SSSR count). The molecule has 0 aliphatic rings. The largest absolute Gasteiger partial charge is 0.329 e. The van der Waals surface area contributed by atoms with Crippen LogP contribution in [0.2, 0.25) is 0 Å². The number of aromatic nitrogens is 4. The molecule has 0 atom stereocenters. The number of rotatable bonds is 5. The second kappa shape index (κ2) is 7.68. The Labute approximate surface area is 177 Å². The highest BCUT2D eigenvalue weighted by atomic mass is 32.1. The quantitative estimate of drug-likeness (QED) is 0.426. The lowest BCUT2D eigenvalue weighted by Crippen LogP contribution is -2.30. The van der Waals surface area contributed by atoms with Gasteiger partial charge in [-0.2, -0.15) is 4.52 Å². The topological polar surface area (TPSA) is 63.4 Å². The average Bonchev–Trinajstić information content (AvgIpc) is 3.45. The van der Waals surface area contributed by atoms with Crippen LogP contribution in [0.1, 0.15) is 26.4 Å². The van der Waals surface area contributed by atoms with Gasteiger partial charge in [0.2, 0.25) is 0 Å². The summed E-state index contributed by atoms with van der Waals surface area (Å²) in [5, 5.41) is 15.4. The summed E-state index contributed by atoms with van der Waals surface area (Å²) in [6.45, 7) is 3.00. The Kier molecular flexibility index (Phi) is 4.72. The highest BCUT2D eigenvalue weighted by molar-refractivity contribution is 7.09. The maximum atomic E-state index is 13.3. The third-order valence-electron chi connectivity index (χ3n) is 5.16. The smallest absolute Gasteiger partial charge is 0.254 e. The number of fused-ring (bicyclic) bond motifs is 3. The van der Waals surface area contributed by atoms with E-state index in [1.165, 1.54) is 0 Å². The van der Waals surface area contributed by atoms with E-state index >= 15 is 0 Å². The van der Waals surface area contributed by atoms with Gasteiger partial charge in [-0.1, -0.05) is 42.5 Å². The molecular weight excluding hydrogens is 394 g/mol. The van der Waals surface area contributed by atoms with Crippen LogP contribution in [0.15, 0.2) is 72.1 Å². The summed E-state index contributed by atoms with van der Waals surface area (Å²) in [6, 6.07) is 21.6. The van der Waals surface area contributed by atoms with E-state index in [1.54, 1.807) is 15.9 Å². The zero-order chi connectivity index (χ0) is 20.5. The van der Waals surface area contributed by atoms with E-state index in [9.17, 15) is 4.79 Å². The number of hydrogen-bond donors (Lipinski definition) is 0. The number of thiophene rings is 1. The summed E-state index contributed by atoms with van der Waals surface area (Å²) in [5.74, 6) is -0.0148. The Bertz CT molecular complexity index is 1330. The van der Waals surface area contributed by atoms with Crippen LogP contribution in [0.5, 0.6) is 0 Å². The lowest BCUT2D eigenvalue weighted by Gasteiger charge is -2.23. The number of para-hydroxylation sites is 1. The van der Waals surface area contributed by atoms with E-state index in [2.05, 4.69) is 27.7 Å². The minimum atomic E-state index is -0.0148. The van der Waals surface area contributed by atoms with Gasteiger partial charge in [0.25, 0.3) is 5.91 Å². The molecule has 0 N–H and O–H groups in total. The number of carbonyl (C=O) groups excluding carboxylic acids is 1. The Balaban J connectivity index is 1.59. The van der Waals surface area contributed by atoms with Crippen molar-refractivity contribution in [1.82, 2.24) is 24.9 Å². The normalized spacial score (nSPS) is 11.2. The van der Waals surface area contributed by atoms with Crippen molar-refractivity contribution in [3.63, 3.8) is 0 Å². The van der Waals surface area contributed by atoms with Gasteiger partial charge in [-0.25, -0.2) is 0 Å². The third kappa shape index (κ3) is 3.33. The molecule has 3 heterocycles. The summed E-state index contributed by atoms with van der Waals surface area (Å²) >= 11 is 1.64. The van der Waals surface area contributed by atoms with Crippen LogP contribution in [-0.2, 0) is 13.1 Å². The SMILES string of the molecule is Cc1cccc2cc(CN(Cc3cccs3)C(=O)c3ccccc3)c3nnnn3c12. The van der Waals surface area contributed by atoms with Crippen LogP contribution in [0.25, 0.3) is 16.6 Å². The van der Waals surface area contributed by atoms with Crippen LogP contribution in [0, 0.1) is 6.92 Å². The number of aryl methyl sites for hydroxylation is 1. The monoisotopic (exact) mass is 413 g/mol. The zero-order valence-electron chi connectivity index (χ0n) is 16.4. The van der Waals surface area contributed by atoms with Crippen LogP contribution in [-0.4, -0.2) is 30.8 Å². The molecular formula is C23H19N5OS. The van der Waals surface area contributed by atoms with Crippen molar-refractivity contribution >= 4 is 33.8 Å². The molecule has 6 nitrogen and oxygen atoms in total. The number of amides is 1.